The van der Waals surface area contributed by atoms with Crippen molar-refractivity contribution in [2.75, 3.05) is 52.1 Å². The Morgan fingerprint density at radius 3 is 2.37 bits per heavy atom. The molecule has 2 aromatic rings. The van der Waals surface area contributed by atoms with Gasteiger partial charge in [-0.2, -0.15) is 0 Å². The van der Waals surface area contributed by atoms with Crippen LogP contribution in [-0.2, 0) is 13.1 Å². The van der Waals surface area contributed by atoms with E-state index in [1.165, 1.54) is 16.0 Å². The van der Waals surface area contributed by atoms with Crippen molar-refractivity contribution in [3.8, 4) is 5.75 Å². The van der Waals surface area contributed by atoms with Gasteiger partial charge in [0.05, 0.1) is 0 Å². The van der Waals surface area contributed by atoms with E-state index in [-0.39, 0.29) is 0 Å². The first-order valence-corrected chi connectivity index (χ1v) is 12.1. The van der Waals surface area contributed by atoms with Crippen LogP contribution in [-0.4, -0.2) is 73.1 Å². The third kappa shape index (κ3) is 7.60. The predicted octanol–water partition coefficient (Wildman–Crippen LogP) is 3.08. The van der Waals surface area contributed by atoms with Crippen LogP contribution in [0.2, 0.25) is 0 Å². The summed E-state index contributed by atoms with van der Waals surface area (Å²) >= 11 is 1.76. The summed E-state index contributed by atoms with van der Waals surface area (Å²) in [5.74, 6) is 0.813. The molecular formula is C24H35N3O2S. The summed E-state index contributed by atoms with van der Waals surface area (Å²) in [6, 6.07) is 16.7. The number of piperazine rings is 1. The average molecular weight is 430 g/mol. The van der Waals surface area contributed by atoms with Crippen molar-refractivity contribution in [1.29, 1.82) is 0 Å². The molecule has 5 nitrogen and oxygen atoms in total. The number of likely N-dealkylation sites (N-methyl/N-ethyl adjacent to an activating group) is 1. The number of aliphatic hydroxyl groups excluding tert-OH is 1. The number of thioether (sulfide) groups is 1. The van der Waals surface area contributed by atoms with Gasteiger partial charge in [-0.05, 0) is 48.2 Å². The standard InChI is InChI=1S/C24H35N3O2S/c1-3-26-10-12-27(13-11-26)18-22(28)19-29-23-8-4-6-20(14-23)16-25-17-21-7-5-9-24(15-21)30-2/h4-9,14-15,22,25,28H,3,10-13,16-19H2,1-2H3/t22-/m0/s1. The monoisotopic (exact) mass is 429 g/mol. The molecule has 2 N–H and O–H groups in total. The lowest BCUT2D eigenvalue weighted by Gasteiger charge is -2.34. The van der Waals surface area contributed by atoms with Gasteiger partial charge in [-0.15, -0.1) is 11.8 Å². The van der Waals surface area contributed by atoms with E-state index in [9.17, 15) is 5.11 Å². The van der Waals surface area contributed by atoms with E-state index in [0.29, 0.717) is 13.2 Å². The Hall–Kier alpha value is -1.57. The molecule has 1 atom stereocenters. The molecule has 1 aliphatic rings. The first-order chi connectivity index (χ1) is 14.7. The van der Waals surface area contributed by atoms with Crippen LogP contribution in [0.3, 0.4) is 0 Å². The molecule has 0 bridgehead atoms. The minimum Gasteiger partial charge on any atom is -0.491 e. The highest BCUT2D eigenvalue weighted by atomic mass is 32.2. The fourth-order valence-electron chi connectivity index (χ4n) is 3.71. The Bertz CT molecular complexity index is 766. The number of β-amino-alcohol motifs (C(OH)–C–C–N with tert-alkyl or cyclic N) is 1. The molecule has 0 unspecified atom stereocenters. The van der Waals surface area contributed by atoms with Crippen LogP contribution in [0.4, 0.5) is 0 Å². The third-order valence-corrected chi connectivity index (χ3v) is 6.24. The molecule has 3 rings (SSSR count). The molecule has 0 radical (unpaired) electrons. The highest BCUT2D eigenvalue weighted by molar-refractivity contribution is 7.98. The first-order valence-electron chi connectivity index (χ1n) is 10.8. The minimum atomic E-state index is -0.469. The summed E-state index contributed by atoms with van der Waals surface area (Å²) in [6.45, 7) is 10.1. The zero-order valence-corrected chi connectivity index (χ0v) is 19.0. The van der Waals surface area contributed by atoms with E-state index in [4.69, 9.17) is 4.74 Å². The molecule has 0 aliphatic carbocycles. The number of rotatable bonds is 11. The van der Waals surface area contributed by atoms with Gasteiger partial charge in [0.2, 0.25) is 0 Å². The van der Waals surface area contributed by atoms with E-state index in [0.717, 1.165) is 51.6 Å². The Labute approximate surface area is 185 Å². The van der Waals surface area contributed by atoms with Crippen molar-refractivity contribution in [3.63, 3.8) is 0 Å². The molecule has 0 amide bonds. The molecule has 164 valence electrons. The molecule has 6 heteroatoms. The van der Waals surface area contributed by atoms with Crippen LogP contribution in [0.25, 0.3) is 0 Å². The highest BCUT2D eigenvalue weighted by Crippen LogP contribution is 2.17. The SMILES string of the molecule is CCN1CCN(C[C@H](O)COc2cccc(CNCc3cccc(SC)c3)c2)CC1. The molecule has 1 saturated heterocycles. The zero-order valence-electron chi connectivity index (χ0n) is 18.2. The van der Waals surface area contributed by atoms with E-state index >= 15 is 0 Å². The summed E-state index contributed by atoms with van der Waals surface area (Å²) in [5.41, 5.74) is 2.47. The van der Waals surface area contributed by atoms with Crippen molar-refractivity contribution in [1.82, 2.24) is 15.1 Å². The Balaban J connectivity index is 1.39. The van der Waals surface area contributed by atoms with Gasteiger partial charge in [-0.1, -0.05) is 31.2 Å². The molecular weight excluding hydrogens is 394 g/mol. The maximum Gasteiger partial charge on any atom is 0.119 e. The summed E-state index contributed by atoms with van der Waals surface area (Å²) in [6.07, 6.45) is 1.63. The second-order valence-corrected chi connectivity index (χ2v) is 8.68. The van der Waals surface area contributed by atoms with Crippen LogP contribution >= 0.6 is 11.8 Å². The topological polar surface area (TPSA) is 48.0 Å². The van der Waals surface area contributed by atoms with E-state index in [2.05, 4.69) is 64.7 Å². The molecule has 2 aromatic carbocycles. The molecule has 1 heterocycles. The first kappa shape index (κ1) is 23.1. The summed E-state index contributed by atoms with van der Waals surface area (Å²) in [7, 11) is 0. The second kappa shape index (κ2) is 12.3. The molecule has 1 fully saturated rings. The van der Waals surface area contributed by atoms with E-state index < -0.39 is 6.10 Å². The van der Waals surface area contributed by atoms with Crippen molar-refractivity contribution >= 4 is 11.8 Å². The molecule has 0 spiro atoms. The van der Waals surface area contributed by atoms with Crippen molar-refractivity contribution in [2.45, 2.75) is 31.0 Å². The van der Waals surface area contributed by atoms with E-state index in [1.807, 2.05) is 12.1 Å². The predicted molar refractivity (Wildman–Crippen MR) is 125 cm³/mol. The Kier molecular flexibility index (Phi) is 9.49. The van der Waals surface area contributed by atoms with E-state index in [1.54, 1.807) is 11.8 Å². The highest BCUT2D eigenvalue weighted by Gasteiger charge is 2.18. The van der Waals surface area contributed by atoms with Crippen molar-refractivity contribution < 1.29 is 9.84 Å². The van der Waals surface area contributed by atoms with Gasteiger partial charge >= 0.3 is 0 Å². The molecule has 0 saturated carbocycles. The lowest BCUT2D eigenvalue weighted by atomic mass is 10.2. The number of benzene rings is 2. The van der Waals surface area contributed by atoms with Gasteiger partial charge in [-0.25, -0.2) is 0 Å². The van der Waals surface area contributed by atoms with Crippen molar-refractivity contribution in [2.24, 2.45) is 0 Å². The third-order valence-electron chi connectivity index (χ3n) is 5.51. The normalized spacial score (nSPS) is 16.5. The minimum absolute atomic E-state index is 0.326. The summed E-state index contributed by atoms with van der Waals surface area (Å²) < 4.78 is 5.87. The second-order valence-electron chi connectivity index (χ2n) is 7.80. The Morgan fingerprint density at radius 2 is 1.67 bits per heavy atom. The van der Waals surface area contributed by atoms with Crippen molar-refractivity contribution in [3.05, 3.63) is 59.7 Å². The number of aliphatic hydroxyl groups is 1. The smallest absolute Gasteiger partial charge is 0.119 e. The van der Waals surface area contributed by atoms with Crippen LogP contribution in [0.1, 0.15) is 18.1 Å². The number of hydrogen-bond acceptors (Lipinski definition) is 6. The average Bonchev–Trinajstić information content (AvgIpc) is 2.79. The fraction of sp³-hybridized carbons (Fsp3) is 0.500. The largest absolute Gasteiger partial charge is 0.491 e. The lowest BCUT2D eigenvalue weighted by Crippen LogP contribution is -2.49. The Morgan fingerprint density at radius 1 is 1.00 bits per heavy atom. The van der Waals surface area contributed by atoms with Gasteiger partial charge in [0.15, 0.2) is 0 Å². The van der Waals surface area contributed by atoms with Gasteiger partial charge in [-0.3, -0.25) is 4.90 Å². The van der Waals surface area contributed by atoms with Crippen LogP contribution in [0.5, 0.6) is 5.75 Å². The maximum absolute atomic E-state index is 10.4. The zero-order chi connectivity index (χ0) is 21.2. The van der Waals surface area contributed by atoms with Crippen LogP contribution in [0, 0.1) is 0 Å². The molecule has 0 aromatic heterocycles. The number of nitrogens with one attached hydrogen (secondary N) is 1. The lowest BCUT2D eigenvalue weighted by molar-refractivity contribution is 0.0471. The van der Waals surface area contributed by atoms with Crippen LogP contribution < -0.4 is 10.1 Å². The number of hydrogen-bond donors (Lipinski definition) is 2. The molecule has 1 aliphatic heterocycles. The van der Waals surface area contributed by atoms with Gasteiger partial charge in [0.25, 0.3) is 0 Å². The number of ether oxygens (including phenoxy) is 1. The van der Waals surface area contributed by atoms with Gasteiger partial charge in [0.1, 0.15) is 18.5 Å². The fourth-order valence-corrected chi connectivity index (χ4v) is 4.19. The summed E-state index contributed by atoms with van der Waals surface area (Å²) in [5, 5.41) is 13.9. The maximum atomic E-state index is 10.4. The van der Waals surface area contributed by atoms with Gasteiger partial charge < -0.3 is 20.1 Å². The summed E-state index contributed by atoms with van der Waals surface area (Å²) in [4.78, 5) is 6.06. The van der Waals surface area contributed by atoms with Gasteiger partial charge in [0, 0.05) is 50.7 Å². The van der Waals surface area contributed by atoms with Crippen LogP contribution in [0.15, 0.2) is 53.4 Å². The number of nitrogens with zero attached hydrogens (tertiary/aromatic N) is 2. The quantitative estimate of drug-likeness (QED) is 0.536. The molecule has 30 heavy (non-hydrogen) atoms.